The van der Waals surface area contributed by atoms with Crippen LogP contribution in [-0.4, -0.2) is 26.2 Å². The van der Waals surface area contributed by atoms with Gasteiger partial charge in [0, 0.05) is 10.0 Å². The maximum absolute atomic E-state index is 9.67. The maximum Gasteiger partial charge on any atom is 0.143 e. The van der Waals surface area contributed by atoms with E-state index in [-0.39, 0.29) is 10.8 Å². The number of hydrogen-bond donors (Lipinski definition) is 1. The molecule has 2 aromatic rings. The molecule has 0 unspecified atom stereocenters. The maximum atomic E-state index is 9.67. The Morgan fingerprint density at radius 1 is 1.38 bits per heavy atom. The minimum absolute atomic E-state index is 0.0123. The molecule has 1 aromatic carbocycles. The van der Waals surface area contributed by atoms with Crippen LogP contribution >= 0.6 is 27.5 Å². The van der Waals surface area contributed by atoms with E-state index in [2.05, 4.69) is 31.2 Å². The van der Waals surface area contributed by atoms with Crippen LogP contribution < -0.4 is 0 Å². The molecule has 0 spiro atoms. The molecule has 0 aliphatic carbocycles. The molecular formula is C9H6BrClN4O. The lowest BCUT2D eigenvalue weighted by atomic mass is 10.2. The molecule has 0 aliphatic rings. The number of phenols is 1. The molecular weight excluding hydrogens is 295 g/mol. The van der Waals surface area contributed by atoms with Crippen LogP contribution in [-0.2, 0) is 0 Å². The van der Waals surface area contributed by atoms with Gasteiger partial charge in [0.1, 0.15) is 18.4 Å². The van der Waals surface area contributed by atoms with E-state index in [1.54, 1.807) is 12.1 Å². The van der Waals surface area contributed by atoms with Crippen molar-refractivity contribution in [3.63, 3.8) is 0 Å². The molecule has 0 amide bonds. The molecule has 82 valence electrons. The highest BCUT2D eigenvalue weighted by molar-refractivity contribution is 9.10. The van der Waals surface area contributed by atoms with Gasteiger partial charge in [-0.2, -0.15) is 5.10 Å². The van der Waals surface area contributed by atoms with E-state index >= 15 is 0 Å². The summed E-state index contributed by atoms with van der Waals surface area (Å²) in [6.07, 6.45) is 4.34. The van der Waals surface area contributed by atoms with Gasteiger partial charge in [-0.05, 0) is 12.1 Å². The lowest BCUT2D eigenvalue weighted by molar-refractivity contribution is 0.474. The van der Waals surface area contributed by atoms with Gasteiger partial charge in [-0.3, -0.25) is 0 Å². The highest BCUT2D eigenvalue weighted by Crippen LogP contribution is 2.30. The molecule has 0 bridgehead atoms. The van der Waals surface area contributed by atoms with Gasteiger partial charge in [0.2, 0.25) is 0 Å². The number of aromatic nitrogens is 3. The number of phenolic OH excluding ortho intramolecular Hbond substituents is 1. The lowest BCUT2D eigenvalue weighted by Crippen LogP contribution is -1.89. The molecule has 0 saturated carbocycles. The summed E-state index contributed by atoms with van der Waals surface area (Å²) in [5, 5.41) is 21.1. The molecule has 1 heterocycles. The standard InChI is InChI=1S/C9H6BrClN4O/c10-7-1-6(9(16)8(11)2-7)3-14-15-4-12-13-5-15/h1-5,16H/b14-3-. The van der Waals surface area contributed by atoms with Gasteiger partial charge in [0.25, 0.3) is 0 Å². The van der Waals surface area contributed by atoms with Crippen LogP contribution in [0.4, 0.5) is 0 Å². The summed E-state index contributed by atoms with van der Waals surface area (Å²) in [5.74, 6) is -0.0123. The van der Waals surface area contributed by atoms with Crippen LogP contribution in [0.3, 0.4) is 0 Å². The fourth-order valence-corrected chi connectivity index (χ4v) is 1.90. The number of aromatic hydroxyl groups is 1. The van der Waals surface area contributed by atoms with Crippen LogP contribution in [0, 0.1) is 0 Å². The van der Waals surface area contributed by atoms with Gasteiger partial charge in [-0.1, -0.05) is 27.5 Å². The topological polar surface area (TPSA) is 63.3 Å². The third-order valence-corrected chi connectivity index (χ3v) is 2.54. The van der Waals surface area contributed by atoms with Crippen LogP contribution in [0.1, 0.15) is 5.56 Å². The third-order valence-electron chi connectivity index (χ3n) is 1.79. The average molecular weight is 302 g/mol. The molecule has 7 heteroatoms. The Morgan fingerprint density at radius 2 is 2.06 bits per heavy atom. The molecule has 2 rings (SSSR count). The van der Waals surface area contributed by atoms with E-state index < -0.39 is 0 Å². The van der Waals surface area contributed by atoms with Gasteiger partial charge in [-0.15, -0.1) is 10.2 Å². The van der Waals surface area contributed by atoms with Gasteiger partial charge in [0.05, 0.1) is 11.2 Å². The second-order valence-corrected chi connectivity index (χ2v) is 4.23. The van der Waals surface area contributed by atoms with Crippen molar-refractivity contribution in [2.45, 2.75) is 0 Å². The molecule has 1 N–H and O–H groups in total. The van der Waals surface area contributed by atoms with Crippen molar-refractivity contribution in [2.24, 2.45) is 5.10 Å². The van der Waals surface area contributed by atoms with Crippen molar-refractivity contribution < 1.29 is 5.11 Å². The smallest absolute Gasteiger partial charge is 0.143 e. The molecule has 0 saturated heterocycles. The van der Waals surface area contributed by atoms with E-state index in [1.165, 1.54) is 23.5 Å². The normalized spacial score (nSPS) is 11.1. The first-order chi connectivity index (χ1) is 7.66. The highest BCUT2D eigenvalue weighted by atomic mass is 79.9. The first kappa shape index (κ1) is 11.1. The number of benzene rings is 1. The quantitative estimate of drug-likeness (QED) is 0.866. The average Bonchev–Trinajstić information content (AvgIpc) is 2.74. The zero-order chi connectivity index (χ0) is 11.5. The van der Waals surface area contributed by atoms with E-state index in [1.807, 2.05) is 0 Å². The minimum Gasteiger partial charge on any atom is -0.506 e. The summed E-state index contributed by atoms with van der Waals surface area (Å²) in [4.78, 5) is 0. The molecule has 5 nitrogen and oxygen atoms in total. The predicted octanol–water partition coefficient (Wildman–Crippen LogP) is 2.28. The van der Waals surface area contributed by atoms with Crippen LogP contribution in [0.2, 0.25) is 5.02 Å². The summed E-state index contributed by atoms with van der Waals surface area (Å²) in [6.45, 7) is 0. The lowest BCUT2D eigenvalue weighted by Gasteiger charge is -2.02. The number of hydrogen-bond acceptors (Lipinski definition) is 4. The van der Waals surface area contributed by atoms with Gasteiger partial charge < -0.3 is 5.11 Å². The molecule has 1 aromatic heterocycles. The summed E-state index contributed by atoms with van der Waals surface area (Å²) >= 11 is 9.08. The Labute approximate surface area is 105 Å². The molecule has 0 atom stereocenters. The highest BCUT2D eigenvalue weighted by Gasteiger charge is 2.05. The third kappa shape index (κ3) is 2.40. The zero-order valence-electron chi connectivity index (χ0n) is 7.88. The molecule has 16 heavy (non-hydrogen) atoms. The number of halogens is 2. The second-order valence-electron chi connectivity index (χ2n) is 2.91. The minimum atomic E-state index is -0.0123. The van der Waals surface area contributed by atoms with Crippen LogP contribution in [0.5, 0.6) is 5.75 Å². The molecule has 0 aliphatic heterocycles. The zero-order valence-corrected chi connectivity index (χ0v) is 10.2. The second kappa shape index (κ2) is 4.63. The van der Waals surface area contributed by atoms with E-state index in [9.17, 15) is 5.11 Å². The van der Waals surface area contributed by atoms with Crippen molar-refractivity contribution in [1.82, 2.24) is 14.9 Å². The van der Waals surface area contributed by atoms with Crippen molar-refractivity contribution in [3.8, 4) is 5.75 Å². The summed E-state index contributed by atoms with van der Waals surface area (Å²) < 4.78 is 2.18. The summed E-state index contributed by atoms with van der Waals surface area (Å²) in [6, 6.07) is 3.31. The van der Waals surface area contributed by atoms with Crippen LogP contribution in [0.25, 0.3) is 0 Å². The Kier molecular flexibility index (Phi) is 3.21. The predicted molar refractivity (Wildman–Crippen MR) is 63.8 cm³/mol. The summed E-state index contributed by atoms with van der Waals surface area (Å²) in [5.41, 5.74) is 0.507. The summed E-state index contributed by atoms with van der Waals surface area (Å²) in [7, 11) is 0. The monoisotopic (exact) mass is 300 g/mol. The van der Waals surface area contributed by atoms with Crippen molar-refractivity contribution in [1.29, 1.82) is 0 Å². The van der Waals surface area contributed by atoms with E-state index in [0.717, 1.165) is 4.47 Å². The number of rotatable bonds is 2. The Bertz CT molecular complexity index is 527. The fourth-order valence-electron chi connectivity index (χ4n) is 1.07. The van der Waals surface area contributed by atoms with Gasteiger partial charge >= 0.3 is 0 Å². The van der Waals surface area contributed by atoms with Gasteiger partial charge in [-0.25, -0.2) is 4.68 Å². The molecule has 0 fully saturated rings. The Balaban J connectivity index is 2.34. The Hall–Kier alpha value is -1.40. The van der Waals surface area contributed by atoms with E-state index in [4.69, 9.17) is 11.6 Å². The van der Waals surface area contributed by atoms with Crippen molar-refractivity contribution in [3.05, 3.63) is 39.8 Å². The SMILES string of the molecule is Oc1c(Cl)cc(Br)cc1/C=N\n1cnnc1. The first-order valence-corrected chi connectivity index (χ1v) is 5.41. The largest absolute Gasteiger partial charge is 0.506 e. The molecule has 0 radical (unpaired) electrons. The first-order valence-electron chi connectivity index (χ1n) is 4.24. The van der Waals surface area contributed by atoms with Gasteiger partial charge in [0.15, 0.2) is 0 Å². The number of nitrogens with zero attached hydrogens (tertiary/aromatic N) is 4. The Morgan fingerprint density at radius 3 is 2.75 bits per heavy atom. The van der Waals surface area contributed by atoms with Crippen molar-refractivity contribution in [2.75, 3.05) is 0 Å². The fraction of sp³-hybridized carbons (Fsp3) is 0. The van der Waals surface area contributed by atoms with Crippen LogP contribution in [0.15, 0.2) is 34.4 Å². The van der Waals surface area contributed by atoms with E-state index in [0.29, 0.717) is 5.56 Å². The van der Waals surface area contributed by atoms with Crippen molar-refractivity contribution >= 4 is 33.7 Å².